The van der Waals surface area contributed by atoms with Crippen molar-refractivity contribution in [2.45, 2.75) is 38.1 Å². The zero-order valence-corrected chi connectivity index (χ0v) is 14.0. The Hall–Kier alpha value is -1.13. The summed E-state index contributed by atoms with van der Waals surface area (Å²) in [6.07, 6.45) is 8.85. The summed E-state index contributed by atoms with van der Waals surface area (Å²) in [5.74, 6) is 0.576. The van der Waals surface area contributed by atoms with E-state index in [9.17, 15) is 0 Å². The Morgan fingerprint density at radius 2 is 2.19 bits per heavy atom. The Kier molecular flexibility index (Phi) is 4.18. The number of rotatable bonds is 3. The van der Waals surface area contributed by atoms with Gasteiger partial charge in [-0.15, -0.1) is 0 Å². The van der Waals surface area contributed by atoms with Crippen molar-refractivity contribution in [3.05, 3.63) is 41.3 Å². The predicted octanol–water partition coefficient (Wildman–Crippen LogP) is 4.18. The second-order valence-corrected chi connectivity index (χ2v) is 6.94. The van der Waals surface area contributed by atoms with E-state index in [4.69, 9.17) is 5.73 Å². The van der Waals surface area contributed by atoms with Crippen molar-refractivity contribution in [2.75, 3.05) is 6.54 Å². The van der Waals surface area contributed by atoms with Gasteiger partial charge in [0, 0.05) is 16.6 Å². The van der Waals surface area contributed by atoms with Gasteiger partial charge in [-0.2, -0.15) is 0 Å². The molecule has 2 atom stereocenters. The van der Waals surface area contributed by atoms with Crippen molar-refractivity contribution >= 4 is 15.9 Å². The molecule has 21 heavy (non-hydrogen) atoms. The van der Waals surface area contributed by atoms with Crippen LogP contribution in [-0.2, 0) is 5.54 Å². The molecule has 0 saturated heterocycles. The molecule has 1 heterocycles. The third-order valence-corrected chi connectivity index (χ3v) is 5.73. The van der Waals surface area contributed by atoms with E-state index < -0.39 is 0 Å². The van der Waals surface area contributed by atoms with Crippen LogP contribution in [0.15, 0.2) is 41.3 Å². The molecule has 4 heteroatoms. The van der Waals surface area contributed by atoms with Crippen LogP contribution in [-0.4, -0.2) is 16.1 Å². The molecule has 0 spiro atoms. The van der Waals surface area contributed by atoms with Crippen LogP contribution in [0.4, 0.5) is 0 Å². The van der Waals surface area contributed by atoms with Crippen LogP contribution in [0.25, 0.3) is 11.3 Å². The third kappa shape index (κ3) is 2.44. The van der Waals surface area contributed by atoms with Crippen LogP contribution in [0, 0.1) is 5.92 Å². The van der Waals surface area contributed by atoms with Gasteiger partial charge in [0.2, 0.25) is 0 Å². The lowest BCUT2D eigenvalue weighted by Crippen LogP contribution is -2.48. The van der Waals surface area contributed by atoms with Gasteiger partial charge in [-0.3, -0.25) is 0 Å². The average molecular weight is 348 g/mol. The molecule has 3 nitrogen and oxygen atoms in total. The Morgan fingerprint density at radius 3 is 2.90 bits per heavy atom. The largest absolute Gasteiger partial charge is 0.328 e. The SMILES string of the molecule is CC1CCCCC1(CN)n1cncc1-c1ccccc1Br. The summed E-state index contributed by atoms with van der Waals surface area (Å²) in [7, 11) is 0. The molecular weight excluding hydrogens is 326 g/mol. The molecule has 1 aromatic heterocycles. The summed E-state index contributed by atoms with van der Waals surface area (Å²) in [6.45, 7) is 3.00. The lowest BCUT2D eigenvalue weighted by Gasteiger charge is -2.44. The first-order chi connectivity index (χ1) is 10.2. The quantitative estimate of drug-likeness (QED) is 0.904. The molecule has 0 radical (unpaired) electrons. The van der Waals surface area contributed by atoms with Crippen molar-refractivity contribution in [2.24, 2.45) is 11.7 Å². The van der Waals surface area contributed by atoms with Crippen molar-refractivity contribution in [1.29, 1.82) is 0 Å². The van der Waals surface area contributed by atoms with Gasteiger partial charge in [0.25, 0.3) is 0 Å². The fourth-order valence-corrected chi connectivity index (χ4v) is 4.16. The average Bonchev–Trinajstić information content (AvgIpc) is 2.98. The van der Waals surface area contributed by atoms with Gasteiger partial charge in [-0.1, -0.05) is 53.9 Å². The van der Waals surface area contributed by atoms with Gasteiger partial charge in [0.05, 0.1) is 23.8 Å². The highest BCUT2D eigenvalue weighted by molar-refractivity contribution is 9.10. The van der Waals surface area contributed by atoms with Crippen LogP contribution in [0.5, 0.6) is 0 Å². The van der Waals surface area contributed by atoms with Crippen LogP contribution >= 0.6 is 15.9 Å². The highest BCUT2D eigenvalue weighted by Crippen LogP contribution is 2.42. The number of nitrogens with zero attached hydrogens (tertiary/aromatic N) is 2. The normalized spacial score (nSPS) is 26.0. The fraction of sp³-hybridized carbons (Fsp3) is 0.471. The van der Waals surface area contributed by atoms with Crippen LogP contribution < -0.4 is 5.73 Å². The molecule has 1 aliphatic carbocycles. The van der Waals surface area contributed by atoms with Crippen molar-refractivity contribution in [1.82, 2.24) is 9.55 Å². The predicted molar refractivity (Wildman–Crippen MR) is 90.0 cm³/mol. The van der Waals surface area contributed by atoms with Gasteiger partial charge >= 0.3 is 0 Å². The molecule has 1 aromatic carbocycles. The number of aromatic nitrogens is 2. The fourth-order valence-electron chi connectivity index (χ4n) is 3.67. The minimum absolute atomic E-state index is 0.000630. The Balaban J connectivity index is 2.12. The molecule has 1 saturated carbocycles. The number of hydrogen-bond acceptors (Lipinski definition) is 2. The number of hydrogen-bond donors (Lipinski definition) is 1. The number of imidazole rings is 1. The summed E-state index contributed by atoms with van der Waals surface area (Å²) in [4.78, 5) is 4.43. The Morgan fingerprint density at radius 1 is 1.38 bits per heavy atom. The molecule has 1 aliphatic rings. The van der Waals surface area contributed by atoms with Gasteiger partial charge in [-0.05, 0) is 24.8 Å². The minimum Gasteiger partial charge on any atom is -0.328 e. The first-order valence-electron chi connectivity index (χ1n) is 7.67. The minimum atomic E-state index is -0.000630. The molecule has 0 bridgehead atoms. The Labute approximate surface area is 134 Å². The second kappa shape index (κ2) is 5.93. The summed E-state index contributed by atoms with van der Waals surface area (Å²) in [5.41, 5.74) is 8.58. The van der Waals surface area contributed by atoms with E-state index in [1.807, 2.05) is 18.6 Å². The standard InChI is InChI=1S/C17H22BrN3/c1-13-6-4-5-9-17(13,11-19)21-12-20-10-16(21)14-7-2-3-8-15(14)18/h2-3,7-8,10,12-13H,4-6,9,11,19H2,1H3. The summed E-state index contributed by atoms with van der Waals surface area (Å²) < 4.78 is 3.43. The monoisotopic (exact) mass is 347 g/mol. The van der Waals surface area contributed by atoms with E-state index in [1.54, 1.807) is 0 Å². The first-order valence-corrected chi connectivity index (χ1v) is 8.46. The smallest absolute Gasteiger partial charge is 0.0956 e. The molecule has 2 unspecified atom stereocenters. The van der Waals surface area contributed by atoms with Crippen molar-refractivity contribution < 1.29 is 0 Å². The number of nitrogens with two attached hydrogens (primary N) is 1. The lowest BCUT2D eigenvalue weighted by atomic mass is 9.73. The zero-order valence-electron chi connectivity index (χ0n) is 12.4. The Bertz CT molecular complexity index is 622. The maximum Gasteiger partial charge on any atom is 0.0956 e. The molecule has 0 amide bonds. The summed E-state index contributed by atoms with van der Waals surface area (Å²) in [5, 5.41) is 0. The molecule has 2 N–H and O–H groups in total. The zero-order chi connectivity index (χ0) is 14.9. The van der Waals surface area contributed by atoms with E-state index in [0.29, 0.717) is 12.5 Å². The van der Waals surface area contributed by atoms with Gasteiger partial charge < -0.3 is 10.3 Å². The number of halogens is 1. The lowest BCUT2D eigenvalue weighted by molar-refractivity contribution is 0.127. The summed E-state index contributed by atoms with van der Waals surface area (Å²) in [6, 6.07) is 8.31. The maximum absolute atomic E-state index is 6.24. The first kappa shape index (κ1) is 14.8. The van der Waals surface area contributed by atoms with E-state index in [1.165, 1.54) is 24.8 Å². The number of benzene rings is 1. The van der Waals surface area contributed by atoms with Gasteiger partial charge in [0.1, 0.15) is 0 Å². The molecule has 3 rings (SSSR count). The van der Waals surface area contributed by atoms with Crippen molar-refractivity contribution in [3.63, 3.8) is 0 Å². The van der Waals surface area contributed by atoms with Crippen LogP contribution in [0.1, 0.15) is 32.6 Å². The maximum atomic E-state index is 6.24. The highest BCUT2D eigenvalue weighted by atomic mass is 79.9. The van der Waals surface area contributed by atoms with E-state index >= 15 is 0 Å². The summed E-state index contributed by atoms with van der Waals surface area (Å²) >= 11 is 3.66. The highest BCUT2D eigenvalue weighted by Gasteiger charge is 2.39. The van der Waals surface area contributed by atoms with Gasteiger partial charge in [0.15, 0.2) is 0 Å². The van der Waals surface area contributed by atoms with Crippen LogP contribution in [0.3, 0.4) is 0 Å². The van der Waals surface area contributed by atoms with Crippen LogP contribution in [0.2, 0.25) is 0 Å². The van der Waals surface area contributed by atoms with E-state index in [-0.39, 0.29) is 5.54 Å². The topological polar surface area (TPSA) is 43.8 Å². The van der Waals surface area contributed by atoms with Crippen molar-refractivity contribution in [3.8, 4) is 11.3 Å². The molecule has 0 aliphatic heterocycles. The molecule has 2 aromatic rings. The third-order valence-electron chi connectivity index (χ3n) is 5.04. The van der Waals surface area contributed by atoms with Gasteiger partial charge in [-0.25, -0.2) is 4.98 Å². The molecule has 112 valence electrons. The molecular formula is C17H22BrN3. The van der Waals surface area contributed by atoms with E-state index in [2.05, 4.69) is 50.6 Å². The second-order valence-electron chi connectivity index (χ2n) is 6.08. The molecule has 1 fully saturated rings. The van der Waals surface area contributed by atoms with E-state index in [0.717, 1.165) is 16.6 Å².